The van der Waals surface area contributed by atoms with Crippen LogP contribution in [-0.2, 0) is 5.41 Å². The molecule has 260 valence electrons. The third-order valence-corrected chi connectivity index (χ3v) is 12.3. The molecule has 0 unspecified atom stereocenters. The van der Waals surface area contributed by atoms with Gasteiger partial charge >= 0.3 is 0 Å². The predicted octanol–water partition coefficient (Wildman–Crippen LogP) is 14.8. The first-order valence-electron chi connectivity index (χ1n) is 19.2. The van der Waals surface area contributed by atoms with Gasteiger partial charge in [0.1, 0.15) is 5.75 Å². The standard InChI is InChI=1S/C54H38O/c1-54(2)48-23-13-12-14-38(48)39-29-27-36(32-49(39)54)51-42-17-6-10-21-46(42)53(47-22-11-7-18-43(47)51)52-44-19-8-4-15-40(44)50(41-16-5-9-20-45(41)52)35-25-24-34-31-37(55-3)28-26-33(34)30-35/h4-32H,1-3H3. The van der Waals surface area contributed by atoms with Crippen LogP contribution in [0, 0.1) is 0 Å². The molecule has 1 aliphatic rings. The van der Waals surface area contributed by atoms with E-state index >= 15 is 0 Å². The molecule has 0 amide bonds. The predicted molar refractivity (Wildman–Crippen MR) is 234 cm³/mol. The van der Waals surface area contributed by atoms with Crippen molar-refractivity contribution < 1.29 is 4.74 Å². The fourth-order valence-electron chi connectivity index (χ4n) is 9.78. The topological polar surface area (TPSA) is 9.23 Å². The van der Waals surface area contributed by atoms with Gasteiger partial charge in [-0.05, 0) is 134 Å². The SMILES string of the molecule is COc1ccc2cc(-c3c4ccccc4c(-c4c5ccccc5c(-c5ccc6c(c5)C(C)(C)c5ccccc5-6)c5ccccc45)c4ccccc34)ccc2c1. The molecule has 0 radical (unpaired) electrons. The Morgan fingerprint density at radius 2 is 0.745 bits per heavy atom. The first kappa shape index (κ1) is 31.8. The van der Waals surface area contributed by atoms with Crippen molar-refractivity contribution in [1.82, 2.24) is 0 Å². The Bertz CT molecular complexity index is 3100. The Balaban J connectivity index is 1.22. The van der Waals surface area contributed by atoms with Gasteiger partial charge in [-0.1, -0.05) is 166 Å². The Morgan fingerprint density at radius 1 is 0.345 bits per heavy atom. The second-order valence-corrected chi connectivity index (χ2v) is 15.5. The Hall–Kier alpha value is -6.70. The molecular weight excluding hydrogens is 665 g/mol. The van der Waals surface area contributed by atoms with E-state index in [0.717, 1.165) is 5.75 Å². The summed E-state index contributed by atoms with van der Waals surface area (Å²) >= 11 is 0. The van der Waals surface area contributed by atoms with Gasteiger partial charge in [0.05, 0.1) is 7.11 Å². The molecular formula is C54H38O. The Morgan fingerprint density at radius 3 is 1.27 bits per heavy atom. The molecule has 10 aromatic carbocycles. The van der Waals surface area contributed by atoms with E-state index in [2.05, 4.69) is 184 Å². The maximum atomic E-state index is 5.54. The average Bonchev–Trinajstić information content (AvgIpc) is 3.47. The van der Waals surface area contributed by atoms with Gasteiger partial charge in [0.25, 0.3) is 0 Å². The molecule has 1 nitrogen and oxygen atoms in total. The van der Waals surface area contributed by atoms with Crippen LogP contribution >= 0.6 is 0 Å². The number of fused-ring (bicyclic) bond motifs is 8. The fourth-order valence-corrected chi connectivity index (χ4v) is 9.78. The van der Waals surface area contributed by atoms with Crippen molar-refractivity contribution in [2.24, 2.45) is 0 Å². The number of rotatable bonds is 4. The summed E-state index contributed by atoms with van der Waals surface area (Å²) in [6, 6.07) is 65.4. The molecule has 11 rings (SSSR count). The zero-order valence-corrected chi connectivity index (χ0v) is 31.2. The summed E-state index contributed by atoms with van der Waals surface area (Å²) in [5, 5.41) is 12.5. The smallest absolute Gasteiger partial charge is 0.119 e. The van der Waals surface area contributed by atoms with E-state index in [1.165, 1.54) is 109 Å². The summed E-state index contributed by atoms with van der Waals surface area (Å²) < 4.78 is 5.54. The molecule has 0 bridgehead atoms. The van der Waals surface area contributed by atoms with E-state index < -0.39 is 0 Å². The summed E-state index contributed by atoms with van der Waals surface area (Å²) in [7, 11) is 1.72. The average molecular weight is 703 g/mol. The van der Waals surface area contributed by atoms with E-state index in [-0.39, 0.29) is 5.41 Å². The van der Waals surface area contributed by atoms with Crippen LogP contribution in [0.3, 0.4) is 0 Å². The van der Waals surface area contributed by atoms with Gasteiger partial charge < -0.3 is 4.74 Å². The number of ether oxygens (including phenoxy) is 1. The zero-order chi connectivity index (χ0) is 36.8. The lowest BCUT2D eigenvalue weighted by atomic mass is 9.79. The highest BCUT2D eigenvalue weighted by Gasteiger charge is 2.35. The van der Waals surface area contributed by atoms with E-state index in [1.54, 1.807) is 7.11 Å². The second kappa shape index (κ2) is 11.9. The first-order chi connectivity index (χ1) is 27.0. The maximum Gasteiger partial charge on any atom is 0.119 e. The van der Waals surface area contributed by atoms with Crippen molar-refractivity contribution in [1.29, 1.82) is 0 Å². The molecule has 55 heavy (non-hydrogen) atoms. The molecule has 1 aliphatic carbocycles. The minimum atomic E-state index is -0.0784. The van der Waals surface area contributed by atoms with Crippen LogP contribution in [-0.4, -0.2) is 7.11 Å². The molecule has 0 saturated carbocycles. The van der Waals surface area contributed by atoms with Crippen molar-refractivity contribution in [3.63, 3.8) is 0 Å². The summed E-state index contributed by atoms with van der Waals surface area (Å²) in [5.41, 5.74) is 13.0. The maximum absolute atomic E-state index is 5.54. The van der Waals surface area contributed by atoms with Crippen LogP contribution in [0.2, 0.25) is 0 Å². The van der Waals surface area contributed by atoms with Crippen molar-refractivity contribution in [2.45, 2.75) is 19.3 Å². The molecule has 0 aromatic heterocycles. The normalized spacial score (nSPS) is 13.1. The summed E-state index contributed by atoms with van der Waals surface area (Å²) in [4.78, 5) is 0. The van der Waals surface area contributed by atoms with E-state index in [4.69, 9.17) is 4.74 Å². The number of benzene rings is 10. The van der Waals surface area contributed by atoms with E-state index in [0.29, 0.717) is 0 Å². The largest absolute Gasteiger partial charge is 0.497 e. The van der Waals surface area contributed by atoms with Crippen LogP contribution in [0.4, 0.5) is 0 Å². The van der Waals surface area contributed by atoms with Crippen LogP contribution in [0.15, 0.2) is 176 Å². The molecule has 0 fully saturated rings. The van der Waals surface area contributed by atoms with Crippen molar-refractivity contribution in [3.05, 3.63) is 187 Å². The lowest BCUT2D eigenvalue weighted by molar-refractivity contribution is 0.415. The highest BCUT2D eigenvalue weighted by molar-refractivity contribution is 6.30. The molecule has 0 saturated heterocycles. The Labute approximate surface area is 321 Å². The molecule has 1 heteroatoms. The highest BCUT2D eigenvalue weighted by atomic mass is 16.5. The van der Waals surface area contributed by atoms with Gasteiger partial charge in [-0.25, -0.2) is 0 Å². The van der Waals surface area contributed by atoms with Crippen molar-refractivity contribution in [3.8, 4) is 50.3 Å². The van der Waals surface area contributed by atoms with Crippen LogP contribution < -0.4 is 4.74 Å². The van der Waals surface area contributed by atoms with Crippen molar-refractivity contribution >= 4 is 53.9 Å². The molecule has 10 aromatic rings. The number of methoxy groups -OCH3 is 1. The molecule has 0 N–H and O–H groups in total. The fraction of sp³-hybridized carbons (Fsp3) is 0.0741. The van der Waals surface area contributed by atoms with Crippen molar-refractivity contribution in [2.75, 3.05) is 7.11 Å². The van der Waals surface area contributed by atoms with E-state index in [1.807, 2.05) is 6.07 Å². The second-order valence-electron chi connectivity index (χ2n) is 15.5. The van der Waals surface area contributed by atoms with Gasteiger partial charge in [-0.2, -0.15) is 0 Å². The van der Waals surface area contributed by atoms with Gasteiger partial charge in [0.2, 0.25) is 0 Å². The lowest BCUT2D eigenvalue weighted by Crippen LogP contribution is -2.14. The number of hydrogen-bond donors (Lipinski definition) is 0. The minimum Gasteiger partial charge on any atom is -0.497 e. The summed E-state index contributed by atoms with van der Waals surface area (Å²) in [6.07, 6.45) is 0. The highest BCUT2D eigenvalue weighted by Crippen LogP contribution is 2.53. The van der Waals surface area contributed by atoms with Crippen LogP contribution in [0.1, 0.15) is 25.0 Å². The quantitative estimate of drug-likeness (QED) is 0.166. The van der Waals surface area contributed by atoms with Gasteiger partial charge in [-0.15, -0.1) is 0 Å². The lowest BCUT2D eigenvalue weighted by Gasteiger charge is -2.24. The number of hydrogen-bond acceptors (Lipinski definition) is 1. The molecule has 0 atom stereocenters. The van der Waals surface area contributed by atoms with Gasteiger partial charge in [-0.3, -0.25) is 0 Å². The van der Waals surface area contributed by atoms with Gasteiger partial charge in [0, 0.05) is 5.41 Å². The molecule has 0 spiro atoms. The zero-order valence-electron chi connectivity index (χ0n) is 31.2. The van der Waals surface area contributed by atoms with Crippen LogP contribution in [0.5, 0.6) is 5.75 Å². The molecule has 0 heterocycles. The van der Waals surface area contributed by atoms with Gasteiger partial charge in [0.15, 0.2) is 0 Å². The van der Waals surface area contributed by atoms with E-state index in [9.17, 15) is 0 Å². The molecule has 0 aliphatic heterocycles. The van der Waals surface area contributed by atoms with Crippen LogP contribution in [0.25, 0.3) is 98.4 Å². The first-order valence-corrected chi connectivity index (χ1v) is 19.2. The third kappa shape index (κ3) is 4.60. The monoisotopic (exact) mass is 702 g/mol. The third-order valence-electron chi connectivity index (χ3n) is 12.3. The summed E-state index contributed by atoms with van der Waals surface area (Å²) in [5.74, 6) is 0.872. The minimum absolute atomic E-state index is 0.0784. The Kier molecular flexibility index (Phi) is 6.88. The summed E-state index contributed by atoms with van der Waals surface area (Å²) in [6.45, 7) is 4.74.